The Bertz CT molecular complexity index is 1390. The number of fused-ring (bicyclic) bond motifs is 1. The predicted molar refractivity (Wildman–Crippen MR) is 140 cm³/mol. The SMILES string of the molecule is O=C(Cc1ccc2c(c1)nc(-c1ccccn1)n2C1CCCCC1)N[C@H](Cc1ccc(O)cc1)C(=O)O. The lowest BCUT2D eigenvalue weighted by molar-refractivity contribution is -0.141. The molecule has 190 valence electrons. The van der Waals surface area contributed by atoms with Crippen molar-refractivity contribution in [3.05, 3.63) is 78.0 Å². The Morgan fingerprint density at radius 3 is 2.46 bits per heavy atom. The highest BCUT2D eigenvalue weighted by atomic mass is 16.4. The molecular formula is C29H30N4O4. The third kappa shape index (κ3) is 5.63. The van der Waals surface area contributed by atoms with Gasteiger partial charge in [-0.25, -0.2) is 9.78 Å². The lowest BCUT2D eigenvalue weighted by atomic mass is 9.95. The minimum Gasteiger partial charge on any atom is -0.508 e. The third-order valence-electron chi connectivity index (χ3n) is 6.96. The summed E-state index contributed by atoms with van der Waals surface area (Å²) in [6.07, 6.45) is 7.79. The molecule has 3 N–H and O–H groups in total. The standard InChI is InChI=1S/C29H30N4O4/c34-22-12-9-19(10-13-22)16-25(29(36)37)31-27(35)18-20-11-14-26-24(17-20)32-28(23-8-4-5-15-30-23)33(26)21-6-2-1-3-7-21/h4-5,8-15,17,21,25,34H,1-3,6-7,16,18H2,(H,31,35)(H,36,37)/t25-/m1/s1. The number of pyridine rings is 1. The van der Waals surface area contributed by atoms with Gasteiger partial charge in [0.15, 0.2) is 5.82 Å². The largest absolute Gasteiger partial charge is 0.508 e. The molecule has 1 saturated carbocycles. The predicted octanol–water partition coefficient (Wildman–Crippen LogP) is 4.66. The highest BCUT2D eigenvalue weighted by Gasteiger charge is 2.24. The number of nitrogens with one attached hydrogen (secondary N) is 1. The minimum absolute atomic E-state index is 0.0461. The molecule has 1 atom stereocenters. The van der Waals surface area contributed by atoms with Crippen molar-refractivity contribution >= 4 is 22.9 Å². The minimum atomic E-state index is -1.11. The molecule has 1 fully saturated rings. The second kappa shape index (κ2) is 10.8. The maximum absolute atomic E-state index is 12.8. The van der Waals surface area contributed by atoms with Crippen LogP contribution in [0.4, 0.5) is 0 Å². The van der Waals surface area contributed by atoms with E-state index in [1.165, 1.54) is 31.4 Å². The number of phenols is 1. The van der Waals surface area contributed by atoms with E-state index in [4.69, 9.17) is 4.98 Å². The zero-order valence-electron chi connectivity index (χ0n) is 20.5. The van der Waals surface area contributed by atoms with Crippen LogP contribution < -0.4 is 5.32 Å². The Balaban J connectivity index is 1.37. The maximum Gasteiger partial charge on any atom is 0.326 e. The van der Waals surface area contributed by atoms with Crippen LogP contribution in [-0.4, -0.2) is 42.7 Å². The van der Waals surface area contributed by atoms with Gasteiger partial charge in [-0.2, -0.15) is 0 Å². The van der Waals surface area contributed by atoms with Gasteiger partial charge in [-0.1, -0.05) is 43.5 Å². The van der Waals surface area contributed by atoms with Gasteiger partial charge in [-0.3, -0.25) is 9.78 Å². The number of benzene rings is 2. The molecule has 8 nitrogen and oxygen atoms in total. The van der Waals surface area contributed by atoms with Crippen molar-refractivity contribution in [1.82, 2.24) is 19.9 Å². The maximum atomic E-state index is 12.8. The van der Waals surface area contributed by atoms with Crippen molar-refractivity contribution < 1.29 is 19.8 Å². The molecule has 8 heteroatoms. The molecule has 2 aromatic carbocycles. The number of hydrogen-bond donors (Lipinski definition) is 3. The summed E-state index contributed by atoms with van der Waals surface area (Å²) in [5, 5.41) is 21.7. The molecule has 4 aromatic rings. The zero-order valence-corrected chi connectivity index (χ0v) is 20.5. The van der Waals surface area contributed by atoms with Crippen LogP contribution in [0, 0.1) is 0 Å². The number of aliphatic carboxylic acids is 1. The van der Waals surface area contributed by atoms with Gasteiger partial charge < -0.3 is 20.1 Å². The molecular weight excluding hydrogens is 468 g/mol. The fourth-order valence-electron chi connectivity index (χ4n) is 5.14. The van der Waals surface area contributed by atoms with Crippen LogP contribution in [0.5, 0.6) is 5.75 Å². The summed E-state index contributed by atoms with van der Waals surface area (Å²) in [4.78, 5) is 34.0. The Morgan fingerprint density at radius 2 is 1.76 bits per heavy atom. The number of carboxylic acid groups (broad SMARTS) is 1. The first-order valence-corrected chi connectivity index (χ1v) is 12.7. The summed E-state index contributed by atoms with van der Waals surface area (Å²) >= 11 is 0. The highest BCUT2D eigenvalue weighted by molar-refractivity contribution is 5.87. The van der Waals surface area contributed by atoms with Crippen LogP contribution in [0.2, 0.25) is 0 Å². The lowest BCUT2D eigenvalue weighted by Gasteiger charge is -2.25. The first-order valence-electron chi connectivity index (χ1n) is 12.7. The van der Waals surface area contributed by atoms with E-state index in [1.54, 1.807) is 18.3 Å². The average Bonchev–Trinajstić information content (AvgIpc) is 3.29. The Morgan fingerprint density at radius 1 is 1.00 bits per heavy atom. The van der Waals surface area contributed by atoms with E-state index in [-0.39, 0.29) is 24.5 Å². The topological polar surface area (TPSA) is 117 Å². The van der Waals surface area contributed by atoms with Crippen LogP contribution in [0.15, 0.2) is 66.9 Å². The Labute approximate surface area is 215 Å². The first-order chi connectivity index (χ1) is 18.0. The van der Waals surface area contributed by atoms with E-state index < -0.39 is 12.0 Å². The van der Waals surface area contributed by atoms with E-state index in [0.29, 0.717) is 11.6 Å². The number of carbonyl (C=O) groups is 2. The van der Waals surface area contributed by atoms with Gasteiger partial charge in [0.2, 0.25) is 5.91 Å². The summed E-state index contributed by atoms with van der Waals surface area (Å²) in [7, 11) is 0. The fraction of sp³-hybridized carbons (Fsp3) is 0.310. The third-order valence-corrected chi connectivity index (χ3v) is 6.96. The number of aromatic hydroxyl groups is 1. The molecule has 1 amide bonds. The van der Waals surface area contributed by atoms with Gasteiger partial charge in [0, 0.05) is 18.7 Å². The molecule has 1 aliphatic rings. The van der Waals surface area contributed by atoms with Gasteiger partial charge in [0.25, 0.3) is 0 Å². The van der Waals surface area contributed by atoms with Crippen LogP contribution in [0.25, 0.3) is 22.6 Å². The molecule has 0 aliphatic heterocycles. The van der Waals surface area contributed by atoms with Gasteiger partial charge in [0.05, 0.1) is 17.5 Å². The van der Waals surface area contributed by atoms with Gasteiger partial charge in [-0.05, 0) is 60.4 Å². The van der Waals surface area contributed by atoms with Gasteiger partial charge in [-0.15, -0.1) is 0 Å². The number of hydrogen-bond acceptors (Lipinski definition) is 5. The monoisotopic (exact) mass is 498 g/mol. The van der Waals surface area contributed by atoms with Crippen molar-refractivity contribution in [2.45, 2.75) is 57.0 Å². The molecule has 0 saturated heterocycles. The van der Waals surface area contributed by atoms with E-state index in [0.717, 1.165) is 41.0 Å². The molecule has 0 spiro atoms. The summed E-state index contributed by atoms with van der Waals surface area (Å²) in [5.41, 5.74) is 4.12. The number of carboxylic acids is 1. The number of rotatable bonds is 8. The molecule has 5 rings (SSSR count). The molecule has 37 heavy (non-hydrogen) atoms. The van der Waals surface area contributed by atoms with Crippen LogP contribution in [0.3, 0.4) is 0 Å². The number of aromatic nitrogens is 3. The summed E-state index contributed by atoms with van der Waals surface area (Å²) in [5.74, 6) is -0.540. The highest BCUT2D eigenvalue weighted by Crippen LogP contribution is 2.35. The van der Waals surface area contributed by atoms with E-state index in [2.05, 4.69) is 14.9 Å². The first kappa shape index (κ1) is 24.5. The van der Waals surface area contributed by atoms with Crippen molar-refractivity contribution in [2.24, 2.45) is 0 Å². The number of carbonyl (C=O) groups excluding carboxylic acids is 1. The Hall–Kier alpha value is -4.20. The summed E-state index contributed by atoms with van der Waals surface area (Å²) in [6.45, 7) is 0. The number of imidazole rings is 1. The number of phenolic OH excluding ortho intramolecular Hbond substituents is 1. The lowest BCUT2D eigenvalue weighted by Crippen LogP contribution is -2.43. The van der Waals surface area contributed by atoms with Crippen molar-refractivity contribution in [1.29, 1.82) is 0 Å². The van der Waals surface area contributed by atoms with E-state index in [9.17, 15) is 19.8 Å². The van der Waals surface area contributed by atoms with Gasteiger partial charge >= 0.3 is 5.97 Å². The quantitative estimate of drug-likeness (QED) is 0.325. The second-order valence-corrected chi connectivity index (χ2v) is 9.64. The molecule has 0 bridgehead atoms. The Kier molecular flexibility index (Phi) is 7.16. The van der Waals surface area contributed by atoms with Crippen LogP contribution in [-0.2, 0) is 22.4 Å². The second-order valence-electron chi connectivity index (χ2n) is 9.64. The number of amides is 1. The fourth-order valence-corrected chi connectivity index (χ4v) is 5.14. The van der Waals surface area contributed by atoms with Crippen LogP contribution >= 0.6 is 0 Å². The van der Waals surface area contributed by atoms with Crippen LogP contribution in [0.1, 0.15) is 49.3 Å². The molecule has 1 aliphatic carbocycles. The average molecular weight is 499 g/mol. The molecule has 0 radical (unpaired) electrons. The molecule has 2 heterocycles. The molecule has 2 aromatic heterocycles. The van der Waals surface area contributed by atoms with Crippen molar-refractivity contribution in [3.63, 3.8) is 0 Å². The normalized spacial score (nSPS) is 14.9. The smallest absolute Gasteiger partial charge is 0.326 e. The zero-order chi connectivity index (χ0) is 25.8. The van der Waals surface area contributed by atoms with Crippen molar-refractivity contribution in [3.8, 4) is 17.3 Å². The van der Waals surface area contributed by atoms with E-state index in [1.807, 2.05) is 36.4 Å². The van der Waals surface area contributed by atoms with Crippen molar-refractivity contribution in [2.75, 3.05) is 0 Å². The van der Waals surface area contributed by atoms with E-state index >= 15 is 0 Å². The number of nitrogens with zero attached hydrogens (tertiary/aromatic N) is 3. The molecule has 0 unspecified atom stereocenters. The summed E-state index contributed by atoms with van der Waals surface area (Å²) in [6, 6.07) is 17.2. The summed E-state index contributed by atoms with van der Waals surface area (Å²) < 4.78 is 2.30. The van der Waals surface area contributed by atoms with Gasteiger partial charge in [0.1, 0.15) is 17.5 Å².